The Bertz CT molecular complexity index is 1360. The highest BCUT2D eigenvalue weighted by atomic mass is 19.1. The number of nitrogens with one attached hydrogen (secondary N) is 2. The van der Waals surface area contributed by atoms with Crippen LogP contribution in [-0.4, -0.2) is 36.6 Å². The first-order valence-corrected chi connectivity index (χ1v) is 13.4. The predicted molar refractivity (Wildman–Crippen MR) is 144 cm³/mol. The summed E-state index contributed by atoms with van der Waals surface area (Å²) >= 11 is 0. The van der Waals surface area contributed by atoms with Crippen LogP contribution in [0.5, 0.6) is 0 Å². The van der Waals surface area contributed by atoms with E-state index in [1.54, 1.807) is 6.07 Å². The summed E-state index contributed by atoms with van der Waals surface area (Å²) < 4.78 is 15.8. The van der Waals surface area contributed by atoms with E-state index >= 15 is 0 Å². The maximum Gasteiger partial charge on any atom is 0.227 e. The molecule has 2 unspecified atom stereocenters. The molecule has 0 aliphatic heterocycles. The largest absolute Gasteiger partial charge is 0.364 e. The fraction of sp³-hybridized carbons (Fsp3) is 0.429. The van der Waals surface area contributed by atoms with Crippen LogP contribution in [0.15, 0.2) is 48.9 Å². The first-order chi connectivity index (χ1) is 18.1. The second kappa shape index (κ2) is 10.4. The van der Waals surface area contributed by atoms with Crippen LogP contribution in [0.25, 0.3) is 22.4 Å². The normalized spacial score (nSPS) is 20.4. The van der Waals surface area contributed by atoms with Gasteiger partial charge < -0.3 is 20.9 Å². The Balaban J connectivity index is 1.26. The van der Waals surface area contributed by atoms with Crippen LogP contribution in [0, 0.1) is 5.82 Å². The maximum atomic E-state index is 13.6. The summed E-state index contributed by atoms with van der Waals surface area (Å²) in [5, 5.41) is 6.99. The summed E-state index contributed by atoms with van der Waals surface area (Å²) in [5.41, 5.74) is 10.5. The minimum atomic E-state index is -0.270. The molecule has 0 spiro atoms. The zero-order chi connectivity index (χ0) is 25.2. The molecule has 3 heterocycles. The number of benzene rings is 1. The van der Waals surface area contributed by atoms with E-state index in [2.05, 4.69) is 20.2 Å². The molecule has 2 saturated carbocycles. The number of nitrogens with two attached hydrogens (primary N) is 1. The molecular weight excluding hydrogens is 467 g/mol. The van der Waals surface area contributed by atoms with Crippen molar-refractivity contribution in [2.24, 2.45) is 5.73 Å². The Labute approximate surface area is 215 Å². The Morgan fingerprint density at radius 2 is 1.81 bits per heavy atom. The summed E-state index contributed by atoms with van der Waals surface area (Å²) in [6.45, 7) is 0.529. The van der Waals surface area contributed by atoms with Crippen LogP contribution >= 0.6 is 0 Å². The fourth-order valence-corrected chi connectivity index (χ4v) is 5.59. The second-order valence-electron chi connectivity index (χ2n) is 10.3. The highest BCUT2D eigenvalue weighted by molar-refractivity contribution is 5.84. The number of fused-ring (bicyclic) bond motifs is 1. The lowest BCUT2D eigenvalue weighted by atomic mass is 9.91. The van der Waals surface area contributed by atoms with E-state index in [-0.39, 0.29) is 17.9 Å². The number of aromatic nitrogens is 5. The zero-order valence-electron chi connectivity index (χ0n) is 20.9. The second-order valence-corrected chi connectivity index (χ2v) is 10.3. The van der Waals surface area contributed by atoms with Gasteiger partial charge in [-0.3, -0.25) is 4.98 Å². The Morgan fingerprint density at radius 1 is 0.973 bits per heavy atom. The van der Waals surface area contributed by atoms with Gasteiger partial charge in [-0.05, 0) is 49.4 Å². The van der Waals surface area contributed by atoms with Gasteiger partial charge in [0.1, 0.15) is 5.82 Å². The van der Waals surface area contributed by atoms with E-state index in [0.717, 1.165) is 60.1 Å². The minimum Gasteiger partial charge on any atom is -0.364 e. The number of nitrogens with zero attached hydrogens (tertiary/aromatic N) is 5. The number of halogens is 1. The first-order valence-electron chi connectivity index (χ1n) is 13.4. The van der Waals surface area contributed by atoms with Gasteiger partial charge in [-0.15, -0.1) is 0 Å². The topological polar surface area (TPSA) is 107 Å². The monoisotopic (exact) mass is 500 g/mol. The molecule has 4 N–H and O–H groups in total. The number of rotatable bonds is 7. The highest BCUT2D eigenvalue weighted by Crippen LogP contribution is 2.33. The highest BCUT2D eigenvalue weighted by Gasteiger charge is 2.25. The lowest BCUT2D eigenvalue weighted by Gasteiger charge is -2.29. The summed E-state index contributed by atoms with van der Waals surface area (Å²) in [5.74, 6) is 1.02. The van der Waals surface area contributed by atoms with Crippen molar-refractivity contribution < 1.29 is 4.39 Å². The summed E-state index contributed by atoms with van der Waals surface area (Å²) in [7, 11) is 0. The molecule has 2 aliphatic carbocycles. The molecule has 0 bridgehead atoms. The SMILES string of the molecule is NC1CCCCC1Nc1nc(NCc2ccc(-c3cccc(F)c3)nc2)c2ncn(C3CCCC3)c2n1. The average Bonchev–Trinajstić information content (AvgIpc) is 3.59. The summed E-state index contributed by atoms with van der Waals surface area (Å²) in [6.07, 6.45) is 12.9. The molecular formula is C28H33FN8. The van der Waals surface area contributed by atoms with Crippen LogP contribution in [-0.2, 0) is 6.54 Å². The first kappa shape index (κ1) is 23.8. The van der Waals surface area contributed by atoms with Crippen molar-refractivity contribution in [3.8, 4) is 11.3 Å². The van der Waals surface area contributed by atoms with Crippen molar-refractivity contribution in [2.45, 2.75) is 76.0 Å². The molecule has 4 aromatic rings. The fourth-order valence-electron chi connectivity index (χ4n) is 5.59. The lowest BCUT2D eigenvalue weighted by molar-refractivity contribution is 0.402. The maximum absolute atomic E-state index is 13.6. The predicted octanol–water partition coefficient (Wildman–Crippen LogP) is 5.44. The molecule has 0 saturated heterocycles. The average molecular weight is 501 g/mol. The van der Waals surface area contributed by atoms with Crippen molar-refractivity contribution in [2.75, 3.05) is 10.6 Å². The third-order valence-electron chi connectivity index (χ3n) is 7.68. The minimum absolute atomic E-state index is 0.104. The summed E-state index contributed by atoms with van der Waals surface area (Å²) in [6, 6.07) is 11.1. The molecule has 0 amide bonds. The molecule has 9 heteroatoms. The Kier molecular flexibility index (Phi) is 6.70. The third kappa shape index (κ3) is 5.13. The number of hydrogen-bond donors (Lipinski definition) is 3. The van der Waals surface area contributed by atoms with Gasteiger partial charge in [-0.25, -0.2) is 9.37 Å². The molecule has 2 fully saturated rings. The summed E-state index contributed by atoms with van der Waals surface area (Å²) in [4.78, 5) is 19.0. The van der Waals surface area contributed by atoms with Gasteiger partial charge in [0.05, 0.1) is 12.0 Å². The van der Waals surface area contributed by atoms with Crippen molar-refractivity contribution in [1.29, 1.82) is 0 Å². The van der Waals surface area contributed by atoms with Gasteiger partial charge in [0, 0.05) is 36.4 Å². The van der Waals surface area contributed by atoms with Gasteiger partial charge >= 0.3 is 0 Å². The van der Waals surface area contributed by atoms with Crippen LogP contribution in [0.3, 0.4) is 0 Å². The van der Waals surface area contributed by atoms with Gasteiger partial charge in [-0.2, -0.15) is 9.97 Å². The van der Waals surface area contributed by atoms with Gasteiger partial charge in [0.2, 0.25) is 5.95 Å². The van der Waals surface area contributed by atoms with E-state index < -0.39 is 0 Å². The molecule has 1 aromatic carbocycles. The quantitative estimate of drug-likeness (QED) is 0.310. The molecule has 0 radical (unpaired) electrons. The van der Waals surface area contributed by atoms with Crippen LogP contribution in [0.4, 0.5) is 16.2 Å². The van der Waals surface area contributed by atoms with Crippen LogP contribution in [0.2, 0.25) is 0 Å². The number of anilines is 2. The van der Waals surface area contributed by atoms with Gasteiger partial charge in [0.15, 0.2) is 17.0 Å². The number of pyridine rings is 1. The molecule has 2 atom stereocenters. The van der Waals surface area contributed by atoms with Gasteiger partial charge in [-0.1, -0.05) is 43.9 Å². The smallest absolute Gasteiger partial charge is 0.227 e. The van der Waals surface area contributed by atoms with Crippen molar-refractivity contribution in [3.05, 3.63) is 60.3 Å². The molecule has 3 aromatic heterocycles. The third-order valence-corrected chi connectivity index (χ3v) is 7.68. The Hall–Kier alpha value is -3.59. The van der Waals surface area contributed by atoms with E-state index in [4.69, 9.17) is 20.7 Å². The van der Waals surface area contributed by atoms with E-state index in [0.29, 0.717) is 24.4 Å². The van der Waals surface area contributed by atoms with E-state index in [1.807, 2.05) is 30.7 Å². The standard InChI is InChI=1S/C28H33FN8/c29-20-7-5-6-19(14-20)23-13-12-18(15-31-23)16-32-26-25-27(37(17-33-25)21-8-1-2-9-21)36-28(35-26)34-24-11-4-3-10-22(24)30/h5-7,12-15,17,21-22,24H,1-4,8-11,16,30H2,(H2,32,34,35,36). The molecule has 8 nitrogen and oxygen atoms in total. The Morgan fingerprint density at radius 3 is 2.59 bits per heavy atom. The number of imidazole rings is 1. The lowest BCUT2D eigenvalue weighted by Crippen LogP contribution is -2.43. The molecule has 2 aliphatic rings. The molecule has 192 valence electrons. The van der Waals surface area contributed by atoms with Crippen LogP contribution in [0.1, 0.15) is 63.0 Å². The molecule has 6 rings (SSSR count). The van der Waals surface area contributed by atoms with Crippen LogP contribution < -0.4 is 16.4 Å². The molecule has 37 heavy (non-hydrogen) atoms. The van der Waals surface area contributed by atoms with Crippen molar-refractivity contribution >= 4 is 22.9 Å². The van der Waals surface area contributed by atoms with Crippen molar-refractivity contribution in [1.82, 2.24) is 24.5 Å². The van der Waals surface area contributed by atoms with E-state index in [9.17, 15) is 4.39 Å². The zero-order valence-corrected chi connectivity index (χ0v) is 20.9. The van der Waals surface area contributed by atoms with E-state index in [1.165, 1.54) is 31.4 Å². The number of hydrogen-bond acceptors (Lipinski definition) is 7. The van der Waals surface area contributed by atoms with Gasteiger partial charge in [0.25, 0.3) is 0 Å². The van der Waals surface area contributed by atoms with Crippen molar-refractivity contribution in [3.63, 3.8) is 0 Å².